The van der Waals surface area contributed by atoms with Crippen LogP contribution in [0.4, 0.5) is 4.39 Å². The van der Waals surface area contributed by atoms with Crippen molar-refractivity contribution < 1.29 is 18.7 Å². The van der Waals surface area contributed by atoms with Crippen LogP contribution >= 0.6 is 0 Å². The van der Waals surface area contributed by atoms with E-state index in [0.29, 0.717) is 38.3 Å². The Morgan fingerprint density at radius 2 is 1.60 bits per heavy atom. The number of hydrogen-bond acceptors (Lipinski definition) is 4. The molecule has 6 heteroatoms. The van der Waals surface area contributed by atoms with Crippen LogP contribution in [0, 0.1) is 5.82 Å². The highest BCUT2D eigenvalue weighted by Gasteiger charge is 2.47. The molecule has 4 rings (SSSR count). The van der Waals surface area contributed by atoms with Gasteiger partial charge in [-0.15, -0.1) is 0 Å². The molecule has 2 aliphatic rings. The molecule has 1 amide bonds. The number of carbonyl (C=O) groups is 2. The maximum Gasteiger partial charge on any atom is 0.317 e. The Bertz CT molecular complexity index is 890. The topological polar surface area (TPSA) is 49.9 Å². The zero-order valence-electron chi connectivity index (χ0n) is 17.1. The predicted octanol–water partition coefficient (Wildman–Crippen LogP) is 3.14. The number of piperazine rings is 1. The van der Waals surface area contributed by atoms with Gasteiger partial charge in [-0.05, 0) is 24.5 Å². The summed E-state index contributed by atoms with van der Waals surface area (Å²) < 4.78 is 19.3. The standard InChI is InChI=1S/C24H27FN2O3/c25-21-10-5-4-7-19(21)17-26-13-15-27(16-14-26)22(28)18-30-23(29)24(11-6-12-24)20-8-2-1-3-9-20/h1-5,7-10H,6,11-18H2. The van der Waals surface area contributed by atoms with E-state index in [-0.39, 0.29) is 24.3 Å². The molecule has 30 heavy (non-hydrogen) atoms. The van der Waals surface area contributed by atoms with Gasteiger partial charge in [0.05, 0.1) is 5.41 Å². The molecule has 2 aromatic rings. The summed E-state index contributed by atoms with van der Waals surface area (Å²) in [6.07, 6.45) is 2.51. The molecule has 158 valence electrons. The second kappa shape index (κ2) is 8.96. The van der Waals surface area contributed by atoms with Gasteiger partial charge >= 0.3 is 5.97 Å². The molecule has 0 aromatic heterocycles. The fraction of sp³-hybridized carbons (Fsp3) is 0.417. The van der Waals surface area contributed by atoms with Gasteiger partial charge in [-0.25, -0.2) is 4.39 Å². The van der Waals surface area contributed by atoms with Gasteiger partial charge < -0.3 is 9.64 Å². The van der Waals surface area contributed by atoms with Gasteiger partial charge in [-0.3, -0.25) is 14.5 Å². The molecular formula is C24H27FN2O3. The molecule has 0 unspecified atom stereocenters. The molecule has 0 radical (unpaired) electrons. The molecular weight excluding hydrogens is 383 g/mol. The average molecular weight is 410 g/mol. The van der Waals surface area contributed by atoms with Crippen LogP contribution in [0.25, 0.3) is 0 Å². The first-order valence-corrected chi connectivity index (χ1v) is 10.5. The van der Waals surface area contributed by atoms with Crippen LogP contribution < -0.4 is 0 Å². The van der Waals surface area contributed by atoms with Gasteiger partial charge in [-0.2, -0.15) is 0 Å². The third-order valence-corrected chi connectivity index (χ3v) is 6.33. The van der Waals surface area contributed by atoms with Gasteiger partial charge in [0, 0.05) is 38.3 Å². The Morgan fingerprint density at radius 1 is 0.933 bits per heavy atom. The number of hydrogen-bond donors (Lipinski definition) is 0. The van der Waals surface area contributed by atoms with E-state index in [1.54, 1.807) is 17.0 Å². The van der Waals surface area contributed by atoms with Gasteiger partial charge in [-0.1, -0.05) is 55.0 Å². The lowest BCUT2D eigenvalue weighted by atomic mass is 9.64. The van der Waals surface area contributed by atoms with Crippen LogP contribution in [-0.2, 0) is 26.3 Å². The summed E-state index contributed by atoms with van der Waals surface area (Å²) in [7, 11) is 0. The Hall–Kier alpha value is -2.73. The van der Waals surface area contributed by atoms with Crippen LogP contribution in [0.3, 0.4) is 0 Å². The van der Waals surface area contributed by atoms with Crippen molar-refractivity contribution in [2.75, 3.05) is 32.8 Å². The number of nitrogens with zero attached hydrogens (tertiary/aromatic N) is 2. The molecule has 1 saturated heterocycles. The molecule has 0 N–H and O–H groups in total. The lowest BCUT2D eigenvalue weighted by Gasteiger charge is -2.40. The first kappa shape index (κ1) is 20.5. The highest BCUT2D eigenvalue weighted by Crippen LogP contribution is 2.44. The van der Waals surface area contributed by atoms with Crippen molar-refractivity contribution >= 4 is 11.9 Å². The molecule has 5 nitrogen and oxygen atoms in total. The van der Waals surface area contributed by atoms with E-state index in [1.165, 1.54) is 6.07 Å². The maximum absolute atomic E-state index is 13.8. The third kappa shape index (κ3) is 4.24. The molecule has 1 heterocycles. The fourth-order valence-corrected chi connectivity index (χ4v) is 4.28. The number of ether oxygens (including phenoxy) is 1. The summed E-state index contributed by atoms with van der Waals surface area (Å²) in [6.45, 7) is 2.75. The SMILES string of the molecule is O=C(COC(=O)C1(c2ccccc2)CCC1)N1CCN(Cc2ccccc2F)CC1. The highest BCUT2D eigenvalue weighted by atomic mass is 19.1. The summed E-state index contributed by atoms with van der Waals surface area (Å²) in [6, 6.07) is 16.5. The molecule has 0 bridgehead atoms. The number of esters is 1. The minimum Gasteiger partial charge on any atom is -0.455 e. The predicted molar refractivity (Wildman–Crippen MR) is 111 cm³/mol. The fourth-order valence-electron chi connectivity index (χ4n) is 4.28. The van der Waals surface area contributed by atoms with E-state index >= 15 is 0 Å². The van der Waals surface area contributed by atoms with E-state index in [0.717, 1.165) is 24.8 Å². The van der Waals surface area contributed by atoms with E-state index in [4.69, 9.17) is 4.74 Å². The first-order chi connectivity index (χ1) is 14.6. The first-order valence-electron chi connectivity index (χ1n) is 10.5. The number of benzene rings is 2. The summed E-state index contributed by atoms with van der Waals surface area (Å²) >= 11 is 0. The van der Waals surface area contributed by atoms with Crippen LogP contribution in [0.2, 0.25) is 0 Å². The monoisotopic (exact) mass is 410 g/mol. The van der Waals surface area contributed by atoms with Gasteiger partial charge in [0.25, 0.3) is 5.91 Å². The lowest BCUT2D eigenvalue weighted by Crippen LogP contribution is -2.50. The molecule has 0 spiro atoms. The van der Waals surface area contributed by atoms with Crippen molar-refractivity contribution in [2.24, 2.45) is 0 Å². The smallest absolute Gasteiger partial charge is 0.317 e. The van der Waals surface area contributed by atoms with Gasteiger partial charge in [0.2, 0.25) is 0 Å². The van der Waals surface area contributed by atoms with Gasteiger partial charge in [0.15, 0.2) is 6.61 Å². The van der Waals surface area contributed by atoms with Crippen LogP contribution in [0.5, 0.6) is 0 Å². The second-order valence-corrected chi connectivity index (χ2v) is 8.13. The van der Waals surface area contributed by atoms with Crippen molar-refractivity contribution in [1.29, 1.82) is 0 Å². The average Bonchev–Trinajstić information content (AvgIpc) is 2.74. The van der Waals surface area contributed by atoms with Crippen LogP contribution in [-0.4, -0.2) is 54.5 Å². The molecule has 0 atom stereocenters. The zero-order valence-corrected chi connectivity index (χ0v) is 17.1. The van der Waals surface area contributed by atoms with Crippen molar-refractivity contribution in [3.63, 3.8) is 0 Å². The Balaban J connectivity index is 1.26. The Labute approximate surface area is 176 Å². The summed E-state index contributed by atoms with van der Waals surface area (Å²) in [4.78, 5) is 29.2. The van der Waals surface area contributed by atoms with Crippen molar-refractivity contribution in [1.82, 2.24) is 9.80 Å². The number of halogens is 1. The third-order valence-electron chi connectivity index (χ3n) is 6.33. The largest absolute Gasteiger partial charge is 0.455 e. The van der Waals surface area contributed by atoms with Gasteiger partial charge in [0.1, 0.15) is 5.82 Å². The molecule has 1 saturated carbocycles. The Kier molecular flexibility index (Phi) is 6.13. The highest BCUT2D eigenvalue weighted by molar-refractivity contribution is 5.87. The minimum absolute atomic E-state index is 0.170. The molecule has 1 aliphatic carbocycles. The van der Waals surface area contributed by atoms with E-state index in [1.807, 2.05) is 36.4 Å². The molecule has 2 aromatic carbocycles. The number of carbonyl (C=O) groups excluding carboxylic acids is 2. The van der Waals surface area contributed by atoms with E-state index < -0.39 is 5.41 Å². The quantitative estimate of drug-likeness (QED) is 0.687. The van der Waals surface area contributed by atoms with E-state index in [2.05, 4.69) is 4.90 Å². The summed E-state index contributed by atoms with van der Waals surface area (Å²) in [5.41, 5.74) is 1.04. The van der Waals surface area contributed by atoms with Crippen molar-refractivity contribution in [2.45, 2.75) is 31.2 Å². The van der Waals surface area contributed by atoms with E-state index in [9.17, 15) is 14.0 Å². The Morgan fingerprint density at radius 3 is 2.23 bits per heavy atom. The maximum atomic E-state index is 13.8. The summed E-state index contributed by atoms with van der Waals surface area (Å²) in [5.74, 6) is -0.672. The van der Waals surface area contributed by atoms with Crippen LogP contribution in [0.15, 0.2) is 54.6 Å². The molecule has 1 aliphatic heterocycles. The minimum atomic E-state index is -0.597. The van der Waals surface area contributed by atoms with Crippen molar-refractivity contribution in [3.8, 4) is 0 Å². The summed E-state index contributed by atoms with van der Waals surface area (Å²) in [5, 5.41) is 0. The zero-order chi connectivity index (χ0) is 21.0. The number of rotatable bonds is 6. The van der Waals surface area contributed by atoms with Crippen molar-refractivity contribution in [3.05, 3.63) is 71.5 Å². The lowest BCUT2D eigenvalue weighted by molar-refractivity contribution is -0.160. The second-order valence-electron chi connectivity index (χ2n) is 8.13. The molecule has 2 fully saturated rings. The normalized spacial score (nSPS) is 18.5. The van der Waals surface area contributed by atoms with Crippen LogP contribution in [0.1, 0.15) is 30.4 Å². The number of amides is 1.